The quantitative estimate of drug-likeness (QED) is 0.752. The molecule has 0 saturated heterocycles. The molecule has 16 heavy (non-hydrogen) atoms. The van der Waals surface area contributed by atoms with Crippen molar-refractivity contribution in [1.82, 2.24) is 15.1 Å². The SMILES string of the molecule is CCCNCC(CC)n1nc(C)c(C)c1C. The lowest BCUT2D eigenvalue weighted by Crippen LogP contribution is -2.27. The first kappa shape index (κ1) is 13.2. The van der Waals surface area contributed by atoms with Gasteiger partial charge in [-0.2, -0.15) is 5.10 Å². The number of nitrogens with zero attached hydrogens (tertiary/aromatic N) is 2. The van der Waals surface area contributed by atoms with E-state index in [4.69, 9.17) is 0 Å². The van der Waals surface area contributed by atoms with E-state index >= 15 is 0 Å². The zero-order valence-corrected chi connectivity index (χ0v) is 11.3. The van der Waals surface area contributed by atoms with Crippen LogP contribution < -0.4 is 5.32 Å². The van der Waals surface area contributed by atoms with Crippen LogP contribution in [-0.4, -0.2) is 22.9 Å². The summed E-state index contributed by atoms with van der Waals surface area (Å²) in [6.45, 7) is 12.9. The molecule has 0 aliphatic heterocycles. The normalized spacial score (nSPS) is 13.1. The summed E-state index contributed by atoms with van der Waals surface area (Å²) in [6.07, 6.45) is 2.31. The van der Waals surface area contributed by atoms with Crippen LogP contribution in [0.15, 0.2) is 0 Å². The zero-order valence-electron chi connectivity index (χ0n) is 11.3. The highest BCUT2D eigenvalue weighted by Gasteiger charge is 2.14. The molecule has 0 radical (unpaired) electrons. The Morgan fingerprint density at radius 1 is 1.25 bits per heavy atom. The van der Waals surface area contributed by atoms with Crippen molar-refractivity contribution in [3.63, 3.8) is 0 Å². The Hall–Kier alpha value is -0.830. The number of rotatable bonds is 6. The molecule has 1 N–H and O–H groups in total. The van der Waals surface area contributed by atoms with Gasteiger partial charge in [0.25, 0.3) is 0 Å². The predicted molar refractivity (Wildman–Crippen MR) is 68.9 cm³/mol. The molecule has 0 aliphatic rings. The average molecular weight is 223 g/mol. The molecule has 1 heterocycles. The molecule has 1 rings (SSSR count). The van der Waals surface area contributed by atoms with Crippen LogP contribution in [0.4, 0.5) is 0 Å². The summed E-state index contributed by atoms with van der Waals surface area (Å²) in [4.78, 5) is 0. The number of hydrogen-bond donors (Lipinski definition) is 1. The highest BCUT2D eigenvalue weighted by atomic mass is 15.3. The highest BCUT2D eigenvalue weighted by Crippen LogP contribution is 2.18. The maximum atomic E-state index is 4.64. The summed E-state index contributed by atoms with van der Waals surface area (Å²) in [5.41, 5.74) is 3.79. The van der Waals surface area contributed by atoms with Crippen molar-refractivity contribution in [2.45, 2.75) is 53.5 Å². The topological polar surface area (TPSA) is 29.9 Å². The maximum Gasteiger partial charge on any atom is 0.0644 e. The smallest absolute Gasteiger partial charge is 0.0644 e. The molecule has 0 aliphatic carbocycles. The molecule has 0 spiro atoms. The van der Waals surface area contributed by atoms with Crippen LogP contribution in [0.1, 0.15) is 49.7 Å². The third-order valence-corrected chi connectivity index (χ3v) is 3.31. The molecular formula is C13H25N3. The molecule has 1 aromatic heterocycles. The highest BCUT2D eigenvalue weighted by molar-refractivity contribution is 5.22. The van der Waals surface area contributed by atoms with Crippen molar-refractivity contribution in [3.8, 4) is 0 Å². The molecule has 0 amide bonds. The van der Waals surface area contributed by atoms with Crippen molar-refractivity contribution in [3.05, 3.63) is 17.0 Å². The lowest BCUT2D eigenvalue weighted by atomic mass is 10.2. The number of aromatic nitrogens is 2. The second-order valence-electron chi connectivity index (χ2n) is 4.51. The lowest BCUT2D eigenvalue weighted by molar-refractivity contribution is 0.404. The van der Waals surface area contributed by atoms with Crippen LogP contribution in [-0.2, 0) is 0 Å². The molecule has 3 nitrogen and oxygen atoms in total. The van der Waals surface area contributed by atoms with Crippen LogP contribution in [0.25, 0.3) is 0 Å². The van der Waals surface area contributed by atoms with E-state index in [1.54, 1.807) is 0 Å². The average Bonchev–Trinajstić information content (AvgIpc) is 2.53. The molecule has 0 saturated carbocycles. The largest absolute Gasteiger partial charge is 0.315 e. The van der Waals surface area contributed by atoms with Gasteiger partial charge in [-0.25, -0.2) is 0 Å². The van der Waals surface area contributed by atoms with Gasteiger partial charge in [-0.05, 0) is 45.7 Å². The molecule has 92 valence electrons. The Morgan fingerprint density at radius 3 is 2.38 bits per heavy atom. The van der Waals surface area contributed by atoms with Gasteiger partial charge in [-0.1, -0.05) is 13.8 Å². The van der Waals surface area contributed by atoms with E-state index in [-0.39, 0.29) is 0 Å². The van der Waals surface area contributed by atoms with Crippen LogP contribution in [0, 0.1) is 20.8 Å². The van der Waals surface area contributed by atoms with Gasteiger partial charge in [-0.3, -0.25) is 4.68 Å². The fraction of sp³-hybridized carbons (Fsp3) is 0.769. The van der Waals surface area contributed by atoms with Crippen molar-refractivity contribution in [2.75, 3.05) is 13.1 Å². The number of hydrogen-bond acceptors (Lipinski definition) is 2. The fourth-order valence-electron chi connectivity index (χ4n) is 1.95. The predicted octanol–water partition coefficient (Wildman–Crippen LogP) is 2.76. The van der Waals surface area contributed by atoms with Crippen molar-refractivity contribution in [2.24, 2.45) is 0 Å². The molecule has 3 heteroatoms. The van der Waals surface area contributed by atoms with Gasteiger partial charge in [0.2, 0.25) is 0 Å². The van der Waals surface area contributed by atoms with Crippen LogP contribution >= 0.6 is 0 Å². The summed E-state index contributed by atoms with van der Waals surface area (Å²) in [5.74, 6) is 0. The Bertz CT molecular complexity index is 328. The third kappa shape index (κ3) is 2.85. The van der Waals surface area contributed by atoms with E-state index in [0.717, 1.165) is 25.2 Å². The van der Waals surface area contributed by atoms with E-state index in [2.05, 4.69) is 49.7 Å². The minimum atomic E-state index is 0.485. The summed E-state index contributed by atoms with van der Waals surface area (Å²) in [5, 5.41) is 8.12. The van der Waals surface area contributed by atoms with Crippen molar-refractivity contribution in [1.29, 1.82) is 0 Å². The molecule has 0 aromatic carbocycles. The Morgan fingerprint density at radius 2 is 1.94 bits per heavy atom. The van der Waals surface area contributed by atoms with Gasteiger partial charge in [0.15, 0.2) is 0 Å². The first-order valence-corrected chi connectivity index (χ1v) is 6.34. The summed E-state index contributed by atoms with van der Waals surface area (Å²) in [7, 11) is 0. The monoisotopic (exact) mass is 223 g/mol. The molecule has 0 bridgehead atoms. The van der Waals surface area contributed by atoms with Gasteiger partial charge >= 0.3 is 0 Å². The summed E-state index contributed by atoms with van der Waals surface area (Å²) >= 11 is 0. The van der Waals surface area contributed by atoms with Gasteiger partial charge < -0.3 is 5.32 Å². The van der Waals surface area contributed by atoms with Crippen LogP contribution in [0.5, 0.6) is 0 Å². The van der Waals surface area contributed by atoms with Gasteiger partial charge in [0.05, 0.1) is 11.7 Å². The molecule has 1 unspecified atom stereocenters. The standard InChI is InChI=1S/C13H25N3/c1-6-8-14-9-13(7-2)16-12(5)10(3)11(4)15-16/h13-14H,6-9H2,1-5H3. The molecule has 0 fully saturated rings. The second-order valence-corrected chi connectivity index (χ2v) is 4.51. The van der Waals surface area contributed by atoms with Crippen LogP contribution in [0.3, 0.4) is 0 Å². The van der Waals surface area contributed by atoms with Gasteiger partial charge in [0, 0.05) is 12.2 Å². The number of nitrogens with one attached hydrogen (secondary N) is 1. The zero-order chi connectivity index (χ0) is 12.1. The first-order valence-electron chi connectivity index (χ1n) is 6.34. The third-order valence-electron chi connectivity index (χ3n) is 3.31. The van der Waals surface area contributed by atoms with E-state index in [1.807, 2.05) is 0 Å². The maximum absolute atomic E-state index is 4.64. The first-order chi connectivity index (χ1) is 7.61. The fourth-order valence-corrected chi connectivity index (χ4v) is 1.95. The Kier molecular flexibility index (Phi) is 5.00. The molecular weight excluding hydrogens is 198 g/mol. The van der Waals surface area contributed by atoms with Crippen LogP contribution in [0.2, 0.25) is 0 Å². The lowest BCUT2D eigenvalue weighted by Gasteiger charge is -2.18. The van der Waals surface area contributed by atoms with E-state index in [1.165, 1.54) is 17.7 Å². The Labute approximate surface area is 99.2 Å². The summed E-state index contributed by atoms with van der Waals surface area (Å²) < 4.78 is 2.19. The van der Waals surface area contributed by atoms with E-state index < -0.39 is 0 Å². The second kappa shape index (κ2) is 6.04. The summed E-state index contributed by atoms with van der Waals surface area (Å²) in [6, 6.07) is 0.485. The Balaban J connectivity index is 2.74. The van der Waals surface area contributed by atoms with Gasteiger partial charge in [-0.15, -0.1) is 0 Å². The molecule has 1 atom stereocenters. The van der Waals surface area contributed by atoms with Crippen molar-refractivity contribution < 1.29 is 0 Å². The minimum absolute atomic E-state index is 0.485. The number of aryl methyl sites for hydroxylation is 1. The van der Waals surface area contributed by atoms with E-state index in [9.17, 15) is 0 Å². The minimum Gasteiger partial charge on any atom is -0.315 e. The van der Waals surface area contributed by atoms with E-state index in [0.29, 0.717) is 6.04 Å². The molecule has 1 aromatic rings. The van der Waals surface area contributed by atoms with Crippen molar-refractivity contribution >= 4 is 0 Å². The van der Waals surface area contributed by atoms with Gasteiger partial charge in [0.1, 0.15) is 0 Å².